The van der Waals surface area contributed by atoms with Gasteiger partial charge in [-0.3, -0.25) is 14.4 Å². The molecule has 0 aliphatic carbocycles. The molecule has 37 heavy (non-hydrogen) atoms. The van der Waals surface area contributed by atoms with Gasteiger partial charge in [0, 0.05) is 25.0 Å². The summed E-state index contributed by atoms with van der Waals surface area (Å²) in [6.45, 7) is 3.43. The lowest BCUT2D eigenvalue weighted by Gasteiger charge is -2.11. The van der Waals surface area contributed by atoms with Gasteiger partial charge in [0.1, 0.15) is 33.6 Å². The van der Waals surface area contributed by atoms with Crippen molar-refractivity contribution < 1.29 is 27.6 Å². The Kier molecular flexibility index (Phi) is 9.16. The van der Waals surface area contributed by atoms with Crippen LogP contribution in [-0.2, 0) is 11.0 Å². The fraction of sp³-hybridized carbons (Fsp3) is 0.318. The lowest BCUT2D eigenvalue weighted by Crippen LogP contribution is -2.15. The van der Waals surface area contributed by atoms with Gasteiger partial charge >= 0.3 is 6.18 Å². The van der Waals surface area contributed by atoms with E-state index in [4.69, 9.17) is 23.2 Å². The number of amides is 1. The summed E-state index contributed by atoms with van der Waals surface area (Å²) in [5.41, 5.74) is -1.16. The number of Topliss-reactive ketones (excluding diaryl/α,β-unsaturated/α-hetero) is 2. The van der Waals surface area contributed by atoms with E-state index in [1.807, 2.05) is 0 Å². The quantitative estimate of drug-likeness (QED) is 0.296. The second kappa shape index (κ2) is 11.9. The molecule has 3 heterocycles. The number of thiazole rings is 1. The molecule has 0 bridgehead atoms. The number of rotatable bonds is 10. The standard InChI is InChI=1S/C22H19Cl2F3N6O3S/c1-3-11(34)6-29-19-17(24)18(31-9-32-19)14(35)4-10(2)21-30-8-15(37-21)20(36)33-16-5-12(22(25,26)27)13(23)7-28-16/h5,7-10H,3-4,6H2,1-2H3,(H,28,33,36)(H,29,31,32)/t10-/m0/s1. The van der Waals surface area contributed by atoms with E-state index in [-0.39, 0.29) is 46.0 Å². The second-order valence-corrected chi connectivity index (χ2v) is 9.57. The Hall–Kier alpha value is -3.16. The Bertz CT molecular complexity index is 1340. The number of pyridine rings is 1. The van der Waals surface area contributed by atoms with Crippen LogP contribution in [0.25, 0.3) is 0 Å². The van der Waals surface area contributed by atoms with E-state index >= 15 is 0 Å². The minimum atomic E-state index is -4.71. The molecule has 15 heteroatoms. The van der Waals surface area contributed by atoms with Gasteiger partial charge in [0.05, 0.1) is 28.3 Å². The van der Waals surface area contributed by atoms with Crippen molar-refractivity contribution in [3.8, 4) is 0 Å². The van der Waals surface area contributed by atoms with Crippen LogP contribution in [0.15, 0.2) is 24.8 Å². The van der Waals surface area contributed by atoms with E-state index in [1.54, 1.807) is 13.8 Å². The molecule has 0 unspecified atom stereocenters. The van der Waals surface area contributed by atoms with E-state index in [0.717, 1.165) is 23.9 Å². The summed E-state index contributed by atoms with van der Waals surface area (Å²) in [5.74, 6) is -1.80. The van der Waals surface area contributed by atoms with Crippen LogP contribution in [0, 0.1) is 0 Å². The molecule has 0 fully saturated rings. The van der Waals surface area contributed by atoms with Crippen LogP contribution in [0.2, 0.25) is 10.0 Å². The molecule has 0 aliphatic heterocycles. The van der Waals surface area contributed by atoms with Gasteiger partial charge in [0.15, 0.2) is 11.6 Å². The van der Waals surface area contributed by atoms with Crippen molar-refractivity contribution >= 4 is 63.6 Å². The molecule has 0 saturated heterocycles. The minimum absolute atomic E-state index is 0.00425. The van der Waals surface area contributed by atoms with E-state index in [1.165, 1.54) is 6.20 Å². The summed E-state index contributed by atoms with van der Waals surface area (Å²) in [6, 6.07) is 0.635. The predicted octanol–water partition coefficient (Wildman–Crippen LogP) is 5.67. The second-order valence-electron chi connectivity index (χ2n) is 7.72. The zero-order chi connectivity index (χ0) is 27.3. The molecule has 1 atom stereocenters. The molecule has 3 aromatic heterocycles. The Morgan fingerprint density at radius 1 is 1.11 bits per heavy atom. The monoisotopic (exact) mass is 574 g/mol. The minimum Gasteiger partial charge on any atom is -0.362 e. The highest BCUT2D eigenvalue weighted by molar-refractivity contribution is 7.13. The number of hydrogen-bond donors (Lipinski definition) is 2. The van der Waals surface area contributed by atoms with Crippen LogP contribution in [0.4, 0.5) is 24.8 Å². The maximum atomic E-state index is 13.0. The van der Waals surface area contributed by atoms with Gasteiger partial charge in [-0.25, -0.2) is 19.9 Å². The molecule has 0 radical (unpaired) electrons. The SMILES string of the molecule is CCC(=O)CNc1ncnc(C(=O)C[C@H](C)c2ncc(C(=O)Nc3cc(C(F)(F)F)c(Cl)cn3)s2)c1Cl. The van der Waals surface area contributed by atoms with E-state index < -0.39 is 34.4 Å². The number of carbonyl (C=O) groups is 3. The molecule has 9 nitrogen and oxygen atoms in total. The van der Waals surface area contributed by atoms with Crippen molar-refractivity contribution in [3.63, 3.8) is 0 Å². The Morgan fingerprint density at radius 2 is 1.84 bits per heavy atom. The topological polar surface area (TPSA) is 127 Å². The van der Waals surface area contributed by atoms with Crippen LogP contribution in [0.5, 0.6) is 0 Å². The number of nitrogens with zero attached hydrogens (tertiary/aromatic N) is 4. The zero-order valence-electron chi connectivity index (χ0n) is 19.3. The van der Waals surface area contributed by atoms with Crippen molar-refractivity contribution in [1.82, 2.24) is 19.9 Å². The van der Waals surface area contributed by atoms with E-state index in [2.05, 4.69) is 30.6 Å². The fourth-order valence-electron chi connectivity index (χ4n) is 2.98. The molecular formula is C22H19Cl2F3N6O3S. The molecule has 0 aromatic carbocycles. The molecule has 1 amide bonds. The number of hydrogen-bond acceptors (Lipinski definition) is 9. The van der Waals surface area contributed by atoms with Crippen molar-refractivity contribution in [2.45, 2.75) is 38.8 Å². The average Bonchev–Trinajstić information content (AvgIpc) is 3.34. The molecule has 0 saturated carbocycles. The number of aromatic nitrogens is 4. The van der Waals surface area contributed by atoms with Gasteiger partial charge in [0.25, 0.3) is 5.91 Å². The number of ketones is 2. The van der Waals surface area contributed by atoms with Gasteiger partial charge in [-0.2, -0.15) is 13.2 Å². The smallest absolute Gasteiger partial charge is 0.362 e. The lowest BCUT2D eigenvalue weighted by atomic mass is 10.0. The molecular weight excluding hydrogens is 556 g/mol. The van der Waals surface area contributed by atoms with Gasteiger partial charge in [0.2, 0.25) is 0 Å². The van der Waals surface area contributed by atoms with Crippen LogP contribution < -0.4 is 10.6 Å². The lowest BCUT2D eigenvalue weighted by molar-refractivity contribution is -0.137. The molecule has 0 spiro atoms. The average molecular weight is 575 g/mol. The first kappa shape index (κ1) is 28.4. The molecule has 3 aromatic rings. The zero-order valence-corrected chi connectivity index (χ0v) is 21.6. The summed E-state index contributed by atoms with van der Waals surface area (Å²) in [5, 5.41) is 4.89. The number of anilines is 2. The van der Waals surface area contributed by atoms with Gasteiger partial charge in [-0.1, -0.05) is 37.0 Å². The van der Waals surface area contributed by atoms with Gasteiger partial charge in [-0.15, -0.1) is 11.3 Å². The summed E-state index contributed by atoms with van der Waals surface area (Å²) in [7, 11) is 0. The van der Waals surface area contributed by atoms with Crippen molar-refractivity contribution in [2.75, 3.05) is 17.2 Å². The van der Waals surface area contributed by atoms with Crippen LogP contribution in [0.3, 0.4) is 0 Å². The maximum Gasteiger partial charge on any atom is 0.418 e. The Balaban J connectivity index is 1.67. The molecule has 3 rings (SSSR count). The summed E-state index contributed by atoms with van der Waals surface area (Å²) >= 11 is 12.8. The summed E-state index contributed by atoms with van der Waals surface area (Å²) in [6.07, 6.45) is -1.23. The van der Waals surface area contributed by atoms with Crippen molar-refractivity contribution in [2.24, 2.45) is 0 Å². The third-order valence-corrected chi connectivity index (χ3v) is 6.85. The third-order valence-electron chi connectivity index (χ3n) is 4.96. The highest BCUT2D eigenvalue weighted by Crippen LogP contribution is 2.35. The maximum absolute atomic E-state index is 13.0. The molecule has 196 valence electrons. The summed E-state index contributed by atoms with van der Waals surface area (Å²) < 4.78 is 39.1. The first-order valence-corrected chi connectivity index (χ1v) is 12.3. The Labute approximate surface area is 222 Å². The van der Waals surface area contributed by atoms with E-state index in [0.29, 0.717) is 17.5 Å². The molecule has 2 N–H and O–H groups in total. The highest BCUT2D eigenvalue weighted by atomic mass is 35.5. The van der Waals surface area contributed by atoms with Gasteiger partial charge < -0.3 is 10.6 Å². The summed E-state index contributed by atoms with van der Waals surface area (Å²) in [4.78, 5) is 52.8. The van der Waals surface area contributed by atoms with Crippen molar-refractivity contribution in [3.05, 3.63) is 56.0 Å². The largest absolute Gasteiger partial charge is 0.418 e. The first-order chi connectivity index (χ1) is 17.4. The molecule has 0 aliphatic rings. The van der Waals surface area contributed by atoms with Gasteiger partial charge in [-0.05, 0) is 6.07 Å². The number of alkyl halides is 3. The number of halogens is 5. The first-order valence-electron chi connectivity index (χ1n) is 10.7. The van der Waals surface area contributed by atoms with Crippen LogP contribution in [0.1, 0.15) is 63.3 Å². The third kappa shape index (κ3) is 7.21. The normalized spacial score (nSPS) is 12.2. The van der Waals surface area contributed by atoms with Crippen molar-refractivity contribution in [1.29, 1.82) is 0 Å². The predicted molar refractivity (Wildman–Crippen MR) is 133 cm³/mol. The number of nitrogens with one attached hydrogen (secondary N) is 2. The highest BCUT2D eigenvalue weighted by Gasteiger charge is 2.34. The fourth-order valence-corrected chi connectivity index (χ4v) is 4.32. The van der Waals surface area contributed by atoms with Crippen LogP contribution in [-0.4, -0.2) is 44.0 Å². The van der Waals surface area contributed by atoms with Crippen LogP contribution >= 0.6 is 34.5 Å². The number of carbonyl (C=O) groups excluding carboxylic acids is 3. The Morgan fingerprint density at radius 3 is 2.51 bits per heavy atom. The van der Waals surface area contributed by atoms with E-state index in [9.17, 15) is 27.6 Å².